The minimum Gasteiger partial charge on any atom is -0.459 e. The van der Waals surface area contributed by atoms with Crippen LogP contribution in [0.5, 0.6) is 0 Å². The van der Waals surface area contributed by atoms with Gasteiger partial charge in [0.25, 0.3) is 5.91 Å². The van der Waals surface area contributed by atoms with Crippen LogP contribution < -0.4 is 5.32 Å². The van der Waals surface area contributed by atoms with Crippen molar-refractivity contribution in [3.63, 3.8) is 0 Å². The number of hydrogen-bond donors (Lipinski definition) is 1. The molecule has 154 valence electrons. The van der Waals surface area contributed by atoms with E-state index in [4.69, 9.17) is 9.15 Å². The van der Waals surface area contributed by atoms with Gasteiger partial charge in [0.15, 0.2) is 11.7 Å². The van der Waals surface area contributed by atoms with Gasteiger partial charge in [-0.25, -0.2) is 4.99 Å². The van der Waals surface area contributed by atoms with Crippen molar-refractivity contribution in [3.05, 3.63) is 24.2 Å². The minimum absolute atomic E-state index is 0.0462. The lowest BCUT2D eigenvalue weighted by Crippen LogP contribution is -2.54. The van der Waals surface area contributed by atoms with E-state index >= 15 is 0 Å². The molecule has 0 saturated carbocycles. The first-order valence-electron chi connectivity index (χ1n) is 9.68. The van der Waals surface area contributed by atoms with Gasteiger partial charge in [-0.1, -0.05) is 0 Å². The van der Waals surface area contributed by atoms with Crippen molar-refractivity contribution in [2.75, 3.05) is 66.6 Å². The van der Waals surface area contributed by atoms with Gasteiger partial charge in [-0.3, -0.25) is 9.59 Å². The second-order valence-electron chi connectivity index (χ2n) is 7.30. The maximum absolute atomic E-state index is 12.4. The molecular weight excluding hydrogens is 362 g/mol. The predicted octanol–water partition coefficient (Wildman–Crippen LogP) is 0.108. The van der Waals surface area contributed by atoms with Gasteiger partial charge in [-0.05, 0) is 18.6 Å². The van der Waals surface area contributed by atoms with Gasteiger partial charge >= 0.3 is 0 Å². The summed E-state index contributed by atoms with van der Waals surface area (Å²) in [6.07, 6.45) is 2.54. The summed E-state index contributed by atoms with van der Waals surface area (Å²) in [5.41, 5.74) is 0. The zero-order valence-corrected chi connectivity index (χ0v) is 16.6. The Hall–Kier alpha value is -2.55. The van der Waals surface area contributed by atoms with Crippen LogP contribution in [-0.2, 0) is 9.53 Å². The summed E-state index contributed by atoms with van der Waals surface area (Å²) in [7, 11) is 3.44. The molecule has 1 aromatic rings. The molecule has 9 heteroatoms. The third kappa shape index (κ3) is 5.25. The van der Waals surface area contributed by atoms with Crippen molar-refractivity contribution in [3.8, 4) is 0 Å². The molecule has 3 rings (SSSR count). The fourth-order valence-corrected chi connectivity index (χ4v) is 3.21. The molecule has 1 atom stereocenters. The molecule has 2 fully saturated rings. The van der Waals surface area contributed by atoms with Crippen LogP contribution in [0.15, 0.2) is 27.8 Å². The second-order valence-corrected chi connectivity index (χ2v) is 7.30. The topological polar surface area (TPSA) is 90.6 Å². The first kappa shape index (κ1) is 20.2. The van der Waals surface area contributed by atoms with Crippen molar-refractivity contribution >= 4 is 17.8 Å². The van der Waals surface area contributed by atoms with Crippen LogP contribution >= 0.6 is 0 Å². The second kappa shape index (κ2) is 9.59. The quantitative estimate of drug-likeness (QED) is 0.566. The van der Waals surface area contributed by atoms with E-state index in [-0.39, 0.29) is 18.4 Å². The number of carbonyl (C=O) groups excluding carboxylic acids is 2. The van der Waals surface area contributed by atoms with Gasteiger partial charge in [0, 0.05) is 59.3 Å². The molecule has 1 aromatic heterocycles. The molecule has 28 heavy (non-hydrogen) atoms. The Bertz CT molecular complexity index is 675. The Morgan fingerprint density at radius 1 is 1.25 bits per heavy atom. The largest absolute Gasteiger partial charge is 0.459 e. The Labute approximate surface area is 165 Å². The lowest BCUT2D eigenvalue weighted by Gasteiger charge is -2.36. The summed E-state index contributed by atoms with van der Waals surface area (Å²) in [5, 5.41) is 3.40. The van der Waals surface area contributed by atoms with Crippen molar-refractivity contribution in [2.45, 2.75) is 6.42 Å². The number of nitrogens with one attached hydrogen (secondary N) is 1. The smallest absolute Gasteiger partial charge is 0.289 e. The number of piperazine rings is 1. The molecule has 1 unspecified atom stereocenters. The Morgan fingerprint density at radius 2 is 2.00 bits per heavy atom. The van der Waals surface area contributed by atoms with Gasteiger partial charge < -0.3 is 29.2 Å². The van der Waals surface area contributed by atoms with Crippen molar-refractivity contribution in [1.29, 1.82) is 0 Å². The number of furan rings is 1. The first-order valence-corrected chi connectivity index (χ1v) is 9.68. The normalized spacial score (nSPS) is 20.4. The summed E-state index contributed by atoms with van der Waals surface area (Å²) in [5.74, 6) is 1.39. The number of ether oxygens (including phenoxy) is 1. The number of aliphatic imine (C=N–C) groups is 1. The minimum atomic E-state index is -0.0954. The van der Waals surface area contributed by atoms with E-state index < -0.39 is 0 Å². The average molecular weight is 391 g/mol. The van der Waals surface area contributed by atoms with Gasteiger partial charge in [-0.15, -0.1) is 0 Å². The molecular formula is C19H29N5O4. The van der Waals surface area contributed by atoms with Crippen LogP contribution in [0, 0.1) is 5.92 Å². The van der Waals surface area contributed by atoms with Crippen LogP contribution in [0.2, 0.25) is 0 Å². The lowest BCUT2D eigenvalue weighted by molar-refractivity contribution is -0.127. The SMILES string of the molecule is CN(C)C(=O)CN=C(NCC1CCOC1)N1CCN(C(=O)c2ccco2)CC1. The summed E-state index contributed by atoms with van der Waals surface area (Å²) in [4.78, 5) is 34.3. The zero-order chi connectivity index (χ0) is 19.9. The molecule has 3 heterocycles. The monoisotopic (exact) mass is 391 g/mol. The van der Waals surface area contributed by atoms with Crippen LogP contribution in [-0.4, -0.2) is 99.1 Å². The molecule has 0 radical (unpaired) electrons. The van der Waals surface area contributed by atoms with E-state index in [1.165, 1.54) is 11.2 Å². The molecule has 0 aromatic carbocycles. The van der Waals surface area contributed by atoms with E-state index in [1.54, 1.807) is 31.1 Å². The number of carbonyl (C=O) groups is 2. The zero-order valence-electron chi connectivity index (χ0n) is 16.6. The lowest BCUT2D eigenvalue weighted by atomic mass is 10.1. The van der Waals surface area contributed by atoms with Crippen molar-refractivity contribution < 1.29 is 18.7 Å². The third-order valence-corrected chi connectivity index (χ3v) is 5.03. The van der Waals surface area contributed by atoms with Crippen LogP contribution in [0.1, 0.15) is 17.0 Å². The van der Waals surface area contributed by atoms with Crippen LogP contribution in [0.3, 0.4) is 0 Å². The molecule has 2 amide bonds. The van der Waals surface area contributed by atoms with Gasteiger partial charge in [0.1, 0.15) is 6.54 Å². The fourth-order valence-electron chi connectivity index (χ4n) is 3.21. The summed E-state index contributed by atoms with van der Waals surface area (Å²) in [6.45, 7) is 4.87. The Balaban J connectivity index is 1.58. The number of likely N-dealkylation sites (N-methyl/N-ethyl adjacent to an activating group) is 1. The maximum Gasteiger partial charge on any atom is 0.289 e. The Kier molecular flexibility index (Phi) is 6.91. The summed E-state index contributed by atoms with van der Waals surface area (Å²) >= 11 is 0. The van der Waals surface area contributed by atoms with Crippen molar-refractivity contribution in [1.82, 2.24) is 20.0 Å². The molecule has 0 spiro atoms. The number of nitrogens with zero attached hydrogens (tertiary/aromatic N) is 4. The number of guanidine groups is 1. The highest BCUT2D eigenvalue weighted by Crippen LogP contribution is 2.12. The summed E-state index contributed by atoms with van der Waals surface area (Å²) < 4.78 is 10.6. The van der Waals surface area contributed by atoms with Gasteiger partial charge in [0.05, 0.1) is 12.9 Å². The molecule has 2 aliphatic heterocycles. The van der Waals surface area contributed by atoms with E-state index in [0.29, 0.717) is 43.8 Å². The van der Waals surface area contributed by atoms with E-state index in [1.807, 2.05) is 0 Å². The molecule has 9 nitrogen and oxygen atoms in total. The summed E-state index contributed by atoms with van der Waals surface area (Å²) in [6, 6.07) is 3.40. The molecule has 2 aliphatic rings. The van der Waals surface area contributed by atoms with Gasteiger partial charge in [0.2, 0.25) is 5.91 Å². The first-order chi connectivity index (χ1) is 13.5. The fraction of sp³-hybridized carbons (Fsp3) is 0.632. The number of amides is 2. The molecule has 2 saturated heterocycles. The maximum atomic E-state index is 12.4. The van der Waals surface area contributed by atoms with Crippen LogP contribution in [0.4, 0.5) is 0 Å². The van der Waals surface area contributed by atoms with Gasteiger partial charge in [-0.2, -0.15) is 0 Å². The molecule has 1 N–H and O–H groups in total. The highest BCUT2D eigenvalue weighted by atomic mass is 16.5. The average Bonchev–Trinajstić information content (AvgIpc) is 3.41. The predicted molar refractivity (Wildman–Crippen MR) is 104 cm³/mol. The van der Waals surface area contributed by atoms with Crippen molar-refractivity contribution in [2.24, 2.45) is 10.9 Å². The highest BCUT2D eigenvalue weighted by molar-refractivity contribution is 5.91. The standard InChI is InChI=1S/C19H29N5O4/c1-22(2)17(25)13-21-19(20-12-15-5-11-27-14-15)24-8-6-23(7-9-24)18(26)16-4-3-10-28-16/h3-4,10,15H,5-9,11-14H2,1-2H3,(H,20,21). The number of rotatable bonds is 5. The third-order valence-electron chi connectivity index (χ3n) is 5.03. The van der Waals surface area contributed by atoms with E-state index in [9.17, 15) is 9.59 Å². The van der Waals surface area contributed by atoms with E-state index in [0.717, 1.165) is 26.2 Å². The highest BCUT2D eigenvalue weighted by Gasteiger charge is 2.26. The molecule has 0 aliphatic carbocycles. The Morgan fingerprint density at radius 3 is 2.61 bits per heavy atom. The molecule has 0 bridgehead atoms. The number of hydrogen-bond acceptors (Lipinski definition) is 5. The van der Waals surface area contributed by atoms with E-state index in [2.05, 4.69) is 15.2 Å². The van der Waals surface area contributed by atoms with Crippen LogP contribution in [0.25, 0.3) is 0 Å².